The Bertz CT molecular complexity index is 378. The lowest BCUT2D eigenvalue weighted by atomic mass is 10.5. The fraction of sp³-hybridized carbons (Fsp3) is 0.0769. The molecule has 0 heterocycles. The normalized spacial score (nSPS) is 7.24. The van der Waals surface area contributed by atoms with Crippen LogP contribution in [0.4, 0.5) is 0 Å². The highest BCUT2D eigenvalue weighted by Crippen LogP contribution is 1.65. The van der Waals surface area contributed by atoms with E-state index < -0.39 is 11.8 Å². The molecular weight excluding hydrogens is 276 g/mol. The minimum absolute atomic E-state index is 0.0930. The zero-order chi connectivity index (χ0) is 17.3. The van der Waals surface area contributed by atoms with Gasteiger partial charge in [0, 0.05) is 0 Å². The summed E-state index contributed by atoms with van der Waals surface area (Å²) in [7, 11) is 0. The molecule has 0 atom stereocenters. The third-order valence-corrected chi connectivity index (χ3v) is 1.30. The average Bonchev–Trinajstić information content (AvgIpc) is 2.47. The molecule has 8 heteroatoms. The Morgan fingerprint density at radius 2 is 0.952 bits per heavy atom. The van der Waals surface area contributed by atoms with Crippen molar-refractivity contribution in [1.29, 1.82) is 0 Å². The van der Waals surface area contributed by atoms with Crippen LogP contribution in [0.15, 0.2) is 50.6 Å². The molecule has 0 bridgehead atoms. The topological polar surface area (TPSA) is 144 Å². The third-order valence-electron chi connectivity index (χ3n) is 1.30. The molecule has 0 spiro atoms. The van der Waals surface area contributed by atoms with Crippen molar-refractivity contribution < 1.29 is 19.2 Å². The van der Waals surface area contributed by atoms with E-state index in [9.17, 15) is 19.2 Å². The van der Waals surface area contributed by atoms with Gasteiger partial charge in [-0.2, -0.15) is 0 Å². The van der Waals surface area contributed by atoms with Gasteiger partial charge in [0.2, 0.25) is 23.6 Å². The molecule has 0 fully saturated rings. The van der Waals surface area contributed by atoms with Crippen molar-refractivity contribution in [2.45, 2.75) is 0 Å². The fourth-order valence-electron chi connectivity index (χ4n) is 0.363. The predicted molar refractivity (Wildman–Crippen MR) is 80.3 cm³/mol. The number of rotatable bonds is 6. The molecule has 0 aliphatic rings. The molecular formula is C13H20N4O4. The molecule has 0 saturated carbocycles. The summed E-state index contributed by atoms with van der Waals surface area (Å²) in [5, 5.41) is 4.72. The van der Waals surface area contributed by atoms with Crippen LogP contribution >= 0.6 is 0 Å². The summed E-state index contributed by atoms with van der Waals surface area (Å²) in [6.45, 7) is 12.7. The summed E-state index contributed by atoms with van der Waals surface area (Å²) in [6.07, 6.45) is 4.36. The minimum Gasteiger partial charge on any atom is -0.366 e. The maximum Gasteiger partial charge on any atom is 0.244 e. The van der Waals surface area contributed by atoms with Gasteiger partial charge in [0.1, 0.15) is 0 Å². The SMILES string of the molecule is C=CC(=O)NCNC(=O)C=C.C=CC(N)=O.C=CC(N)=O. The Morgan fingerprint density at radius 1 is 0.714 bits per heavy atom. The Hall–Kier alpha value is -3.16. The first-order valence-corrected chi connectivity index (χ1v) is 5.39. The number of nitrogens with two attached hydrogens (primary N) is 2. The molecule has 8 nitrogen and oxygen atoms in total. The molecule has 0 rings (SSSR count). The van der Waals surface area contributed by atoms with E-state index in [0.717, 1.165) is 24.3 Å². The van der Waals surface area contributed by atoms with Crippen molar-refractivity contribution in [3.8, 4) is 0 Å². The number of amides is 4. The van der Waals surface area contributed by atoms with Gasteiger partial charge in [-0.1, -0.05) is 26.3 Å². The van der Waals surface area contributed by atoms with E-state index in [2.05, 4.69) is 48.4 Å². The molecule has 0 saturated heterocycles. The number of hydrogen-bond acceptors (Lipinski definition) is 4. The van der Waals surface area contributed by atoms with Gasteiger partial charge in [0.25, 0.3) is 0 Å². The summed E-state index contributed by atoms with van der Waals surface area (Å²) >= 11 is 0. The molecule has 0 aromatic heterocycles. The lowest BCUT2D eigenvalue weighted by molar-refractivity contribution is -0.118. The van der Waals surface area contributed by atoms with Crippen LogP contribution in [-0.4, -0.2) is 30.3 Å². The van der Waals surface area contributed by atoms with E-state index in [1.807, 2.05) is 0 Å². The van der Waals surface area contributed by atoms with Crippen molar-refractivity contribution in [3.05, 3.63) is 50.6 Å². The van der Waals surface area contributed by atoms with E-state index in [-0.39, 0.29) is 18.5 Å². The summed E-state index contributed by atoms with van der Waals surface area (Å²) in [6, 6.07) is 0. The maximum atomic E-state index is 10.5. The fourth-order valence-corrected chi connectivity index (χ4v) is 0.363. The lowest BCUT2D eigenvalue weighted by Crippen LogP contribution is -2.35. The van der Waals surface area contributed by atoms with Crippen molar-refractivity contribution in [1.82, 2.24) is 10.6 Å². The van der Waals surface area contributed by atoms with Crippen molar-refractivity contribution in [2.75, 3.05) is 6.67 Å². The highest BCUT2D eigenvalue weighted by Gasteiger charge is 1.93. The predicted octanol–water partition coefficient (Wildman–Crippen LogP) is -1.14. The second kappa shape index (κ2) is 16.8. The standard InChI is InChI=1S/C7H10N2O2.2C3H5NO/c1-3-6(10)8-5-9-7(11)4-2;2*1-2-3(4)5/h3-4H,1-2,5H2,(H,8,10)(H,9,11);2*2H,1H2,(H2,4,5). The second-order valence-corrected chi connectivity index (χ2v) is 2.88. The molecule has 0 aromatic rings. The highest BCUT2D eigenvalue weighted by molar-refractivity contribution is 5.89. The van der Waals surface area contributed by atoms with Gasteiger partial charge in [-0.15, -0.1) is 0 Å². The zero-order valence-corrected chi connectivity index (χ0v) is 11.6. The van der Waals surface area contributed by atoms with Crippen LogP contribution < -0.4 is 22.1 Å². The van der Waals surface area contributed by atoms with E-state index in [1.165, 1.54) is 0 Å². The monoisotopic (exact) mass is 296 g/mol. The van der Waals surface area contributed by atoms with Gasteiger partial charge in [-0.3, -0.25) is 19.2 Å². The largest absolute Gasteiger partial charge is 0.366 e. The molecule has 6 N–H and O–H groups in total. The molecule has 116 valence electrons. The summed E-state index contributed by atoms with van der Waals surface area (Å²) in [5.41, 5.74) is 9.07. The van der Waals surface area contributed by atoms with E-state index in [0.29, 0.717) is 0 Å². The number of carbonyl (C=O) groups is 4. The van der Waals surface area contributed by atoms with Crippen molar-refractivity contribution in [3.63, 3.8) is 0 Å². The van der Waals surface area contributed by atoms with Gasteiger partial charge in [0.15, 0.2) is 0 Å². The summed E-state index contributed by atoms with van der Waals surface area (Å²) < 4.78 is 0. The van der Waals surface area contributed by atoms with Gasteiger partial charge in [-0.05, 0) is 24.3 Å². The molecule has 0 radical (unpaired) electrons. The zero-order valence-electron chi connectivity index (χ0n) is 11.6. The Labute approximate surface area is 123 Å². The maximum absolute atomic E-state index is 10.5. The van der Waals surface area contributed by atoms with E-state index in [4.69, 9.17) is 0 Å². The Morgan fingerprint density at radius 3 is 1.10 bits per heavy atom. The smallest absolute Gasteiger partial charge is 0.244 e. The van der Waals surface area contributed by atoms with Crippen LogP contribution in [0.2, 0.25) is 0 Å². The molecule has 0 aliphatic carbocycles. The number of primary amides is 2. The van der Waals surface area contributed by atoms with Crippen LogP contribution in [0.3, 0.4) is 0 Å². The van der Waals surface area contributed by atoms with E-state index in [1.54, 1.807) is 0 Å². The Kier molecular flexibility index (Phi) is 18.4. The molecule has 0 aliphatic heterocycles. The van der Waals surface area contributed by atoms with Gasteiger partial charge in [0.05, 0.1) is 6.67 Å². The molecule has 0 unspecified atom stereocenters. The average molecular weight is 296 g/mol. The molecule has 21 heavy (non-hydrogen) atoms. The molecule has 4 amide bonds. The van der Waals surface area contributed by atoms with Crippen molar-refractivity contribution in [2.24, 2.45) is 11.5 Å². The summed E-state index contributed by atoms with van der Waals surface area (Å²) in [4.78, 5) is 39.9. The number of nitrogens with one attached hydrogen (secondary N) is 2. The Balaban J connectivity index is -0.000000270. The van der Waals surface area contributed by atoms with Crippen molar-refractivity contribution >= 4 is 23.6 Å². The first-order valence-electron chi connectivity index (χ1n) is 5.39. The second-order valence-electron chi connectivity index (χ2n) is 2.88. The lowest BCUT2D eigenvalue weighted by Gasteiger charge is -2.01. The third kappa shape index (κ3) is 31.6. The van der Waals surface area contributed by atoms with Crippen LogP contribution in [0.25, 0.3) is 0 Å². The van der Waals surface area contributed by atoms with Crippen LogP contribution in [0.1, 0.15) is 0 Å². The highest BCUT2D eigenvalue weighted by atomic mass is 16.2. The van der Waals surface area contributed by atoms with Gasteiger partial charge >= 0.3 is 0 Å². The summed E-state index contributed by atoms with van der Waals surface area (Å²) in [5.74, 6) is -1.61. The van der Waals surface area contributed by atoms with Gasteiger partial charge < -0.3 is 22.1 Å². The van der Waals surface area contributed by atoms with Crippen LogP contribution in [0, 0.1) is 0 Å². The number of carbonyl (C=O) groups excluding carboxylic acids is 4. The van der Waals surface area contributed by atoms with Gasteiger partial charge in [-0.25, -0.2) is 0 Å². The quantitative estimate of drug-likeness (QED) is 0.363. The minimum atomic E-state index is -0.481. The van der Waals surface area contributed by atoms with Crippen LogP contribution in [-0.2, 0) is 19.2 Å². The van der Waals surface area contributed by atoms with E-state index >= 15 is 0 Å². The van der Waals surface area contributed by atoms with Crippen LogP contribution in [0.5, 0.6) is 0 Å². The molecule has 0 aromatic carbocycles. The number of hydrogen-bond donors (Lipinski definition) is 4. The first-order chi connectivity index (χ1) is 9.74. The first kappa shape index (κ1) is 23.0.